The maximum Gasteiger partial charge on any atom is 0.119 e. The Morgan fingerprint density at radius 1 is 1.29 bits per heavy atom. The molecule has 0 heterocycles. The molecule has 14 heavy (non-hydrogen) atoms. The molecular formula is C12H17NO. The zero-order chi connectivity index (χ0) is 10.1. The van der Waals surface area contributed by atoms with Gasteiger partial charge in [0.25, 0.3) is 0 Å². The fourth-order valence-electron chi connectivity index (χ4n) is 2.19. The van der Waals surface area contributed by atoms with E-state index >= 15 is 0 Å². The van der Waals surface area contributed by atoms with Gasteiger partial charge in [0.1, 0.15) is 5.75 Å². The molecule has 0 bridgehead atoms. The lowest BCUT2D eigenvalue weighted by atomic mass is 9.81. The van der Waals surface area contributed by atoms with Gasteiger partial charge in [-0.1, -0.05) is 13.0 Å². The average Bonchev–Trinajstić information content (AvgIpc) is 2.23. The minimum atomic E-state index is 0.191. The highest BCUT2D eigenvalue weighted by molar-refractivity contribution is 5.40. The summed E-state index contributed by atoms with van der Waals surface area (Å²) >= 11 is 0. The zero-order valence-electron chi connectivity index (χ0n) is 8.79. The summed E-state index contributed by atoms with van der Waals surface area (Å²) in [5.74, 6) is 1.55. The van der Waals surface area contributed by atoms with Crippen LogP contribution in [0.15, 0.2) is 18.2 Å². The predicted octanol–water partition coefficient (Wildman–Crippen LogP) is 2.59. The van der Waals surface area contributed by atoms with E-state index in [4.69, 9.17) is 10.5 Å². The summed E-state index contributed by atoms with van der Waals surface area (Å²) < 4.78 is 5.21. The molecule has 0 saturated heterocycles. The van der Waals surface area contributed by atoms with E-state index in [9.17, 15) is 0 Å². The summed E-state index contributed by atoms with van der Waals surface area (Å²) in [6.07, 6.45) is 2.28. The van der Waals surface area contributed by atoms with Crippen LogP contribution in [0.4, 0.5) is 0 Å². The monoisotopic (exact) mass is 191 g/mol. The first-order valence-electron chi connectivity index (χ1n) is 5.15. The molecule has 1 aromatic carbocycles. The number of hydrogen-bond acceptors (Lipinski definition) is 2. The van der Waals surface area contributed by atoms with Crippen molar-refractivity contribution >= 4 is 0 Å². The van der Waals surface area contributed by atoms with Crippen LogP contribution in [0.25, 0.3) is 0 Å². The van der Waals surface area contributed by atoms with Crippen molar-refractivity contribution in [1.82, 2.24) is 0 Å². The number of fused-ring (bicyclic) bond motifs is 1. The molecule has 0 fully saturated rings. The van der Waals surface area contributed by atoms with Crippen molar-refractivity contribution in [3.63, 3.8) is 0 Å². The number of benzene rings is 1. The molecule has 76 valence electrons. The Bertz CT molecular complexity index is 335. The van der Waals surface area contributed by atoms with Crippen molar-refractivity contribution in [2.45, 2.75) is 31.7 Å². The molecular weight excluding hydrogens is 174 g/mol. The second-order valence-corrected chi connectivity index (χ2v) is 4.08. The fourth-order valence-corrected chi connectivity index (χ4v) is 2.19. The summed E-state index contributed by atoms with van der Waals surface area (Å²) in [5.41, 5.74) is 8.74. The summed E-state index contributed by atoms with van der Waals surface area (Å²) in [6, 6.07) is 6.44. The Morgan fingerprint density at radius 3 is 2.79 bits per heavy atom. The molecule has 2 rings (SSSR count). The number of methoxy groups -OCH3 is 1. The Balaban J connectivity index is 2.45. The van der Waals surface area contributed by atoms with E-state index in [0.717, 1.165) is 12.2 Å². The van der Waals surface area contributed by atoms with Gasteiger partial charge < -0.3 is 10.5 Å². The molecule has 1 aliphatic rings. The lowest BCUT2D eigenvalue weighted by molar-refractivity contribution is 0.411. The Hall–Kier alpha value is -1.02. The topological polar surface area (TPSA) is 35.2 Å². The van der Waals surface area contributed by atoms with E-state index in [0.29, 0.717) is 5.92 Å². The molecule has 0 saturated carbocycles. The molecule has 1 aromatic rings. The molecule has 2 N–H and O–H groups in total. The maximum absolute atomic E-state index is 6.08. The molecule has 0 aliphatic heterocycles. The van der Waals surface area contributed by atoms with Gasteiger partial charge in [0, 0.05) is 6.04 Å². The van der Waals surface area contributed by atoms with E-state index < -0.39 is 0 Å². The normalized spacial score (nSPS) is 25.6. The summed E-state index contributed by atoms with van der Waals surface area (Å²) in [5, 5.41) is 0. The van der Waals surface area contributed by atoms with Crippen LogP contribution in [0.2, 0.25) is 0 Å². The van der Waals surface area contributed by atoms with Gasteiger partial charge in [-0.25, -0.2) is 0 Å². The van der Waals surface area contributed by atoms with Crippen LogP contribution in [-0.2, 0) is 0 Å². The van der Waals surface area contributed by atoms with Crippen LogP contribution in [0, 0.1) is 0 Å². The van der Waals surface area contributed by atoms with E-state index in [1.54, 1.807) is 7.11 Å². The van der Waals surface area contributed by atoms with Gasteiger partial charge in [-0.15, -0.1) is 0 Å². The largest absolute Gasteiger partial charge is 0.497 e. The third-order valence-corrected chi connectivity index (χ3v) is 3.14. The van der Waals surface area contributed by atoms with Crippen molar-refractivity contribution < 1.29 is 4.74 Å². The van der Waals surface area contributed by atoms with E-state index in [2.05, 4.69) is 19.1 Å². The maximum atomic E-state index is 6.08. The van der Waals surface area contributed by atoms with Crippen molar-refractivity contribution in [3.05, 3.63) is 29.3 Å². The van der Waals surface area contributed by atoms with E-state index in [1.807, 2.05) is 6.07 Å². The smallest absolute Gasteiger partial charge is 0.119 e. The molecule has 0 spiro atoms. The molecule has 2 nitrogen and oxygen atoms in total. The second kappa shape index (κ2) is 3.62. The number of nitrogens with two attached hydrogens (primary N) is 1. The third-order valence-electron chi connectivity index (χ3n) is 3.14. The third kappa shape index (κ3) is 1.50. The van der Waals surface area contributed by atoms with E-state index in [-0.39, 0.29) is 6.04 Å². The number of hydrogen-bond donors (Lipinski definition) is 1. The molecule has 2 heteroatoms. The average molecular weight is 191 g/mol. The molecule has 2 atom stereocenters. The molecule has 0 radical (unpaired) electrons. The SMILES string of the molecule is COc1ccc2c(c1)[C@@H](N)CCC2C. The molecule has 1 aliphatic carbocycles. The molecule has 0 amide bonds. The zero-order valence-corrected chi connectivity index (χ0v) is 8.79. The summed E-state index contributed by atoms with van der Waals surface area (Å²) in [7, 11) is 1.69. The van der Waals surface area contributed by atoms with Gasteiger partial charge in [0.05, 0.1) is 7.11 Å². The van der Waals surface area contributed by atoms with Crippen molar-refractivity contribution in [1.29, 1.82) is 0 Å². The van der Waals surface area contributed by atoms with Crippen molar-refractivity contribution in [2.24, 2.45) is 5.73 Å². The first-order chi connectivity index (χ1) is 6.72. The number of rotatable bonds is 1. The molecule has 1 unspecified atom stereocenters. The second-order valence-electron chi connectivity index (χ2n) is 4.08. The van der Waals surface area contributed by atoms with Crippen LogP contribution in [0.3, 0.4) is 0 Å². The van der Waals surface area contributed by atoms with Gasteiger partial charge in [-0.3, -0.25) is 0 Å². The predicted molar refractivity (Wildman–Crippen MR) is 57.6 cm³/mol. The Kier molecular flexibility index (Phi) is 2.46. The lowest BCUT2D eigenvalue weighted by Crippen LogP contribution is -2.19. The quantitative estimate of drug-likeness (QED) is 0.740. The van der Waals surface area contributed by atoms with Crippen LogP contribution in [-0.4, -0.2) is 7.11 Å². The van der Waals surface area contributed by atoms with Gasteiger partial charge in [-0.05, 0) is 42.0 Å². The summed E-state index contributed by atoms with van der Waals surface area (Å²) in [6.45, 7) is 2.26. The minimum Gasteiger partial charge on any atom is -0.497 e. The van der Waals surface area contributed by atoms with Crippen molar-refractivity contribution in [3.8, 4) is 5.75 Å². The van der Waals surface area contributed by atoms with Gasteiger partial charge in [0.2, 0.25) is 0 Å². The Labute approximate surface area is 85.1 Å². The standard InChI is InChI=1S/C12H17NO/c1-8-3-6-12(13)11-7-9(14-2)4-5-10(8)11/h4-5,7-8,12H,3,6,13H2,1-2H3/t8?,12-/m0/s1. The molecule has 0 aromatic heterocycles. The highest BCUT2D eigenvalue weighted by Crippen LogP contribution is 2.37. The van der Waals surface area contributed by atoms with Gasteiger partial charge >= 0.3 is 0 Å². The van der Waals surface area contributed by atoms with Crippen LogP contribution >= 0.6 is 0 Å². The van der Waals surface area contributed by atoms with Crippen LogP contribution in [0.5, 0.6) is 5.75 Å². The highest BCUT2D eigenvalue weighted by Gasteiger charge is 2.22. The first kappa shape index (κ1) is 9.53. The van der Waals surface area contributed by atoms with Crippen LogP contribution < -0.4 is 10.5 Å². The summed E-state index contributed by atoms with van der Waals surface area (Å²) in [4.78, 5) is 0. The van der Waals surface area contributed by atoms with Crippen molar-refractivity contribution in [2.75, 3.05) is 7.11 Å². The van der Waals surface area contributed by atoms with Gasteiger partial charge in [-0.2, -0.15) is 0 Å². The van der Waals surface area contributed by atoms with E-state index in [1.165, 1.54) is 17.5 Å². The fraction of sp³-hybridized carbons (Fsp3) is 0.500. The van der Waals surface area contributed by atoms with Crippen LogP contribution in [0.1, 0.15) is 42.9 Å². The Morgan fingerprint density at radius 2 is 2.07 bits per heavy atom. The van der Waals surface area contributed by atoms with Gasteiger partial charge in [0.15, 0.2) is 0 Å². The first-order valence-corrected chi connectivity index (χ1v) is 5.15. The number of ether oxygens (including phenoxy) is 1. The highest BCUT2D eigenvalue weighted by atomic mass is 16.5. The lowest BCUT2D eigenvalue weighted by Gasteiger charge is -2.27. The minimum absolute atomic E-state index is 0.191.